The Morgan fingerprint density at radius 3 is 3.05 bits per heavy atom. The average molecular weight is 267 g/mol. The number of hydrogen-bond donors (Lipinski definition) is 1. The molecular weight excluding hydrogens is 250 g/mol. The van der Waals surface area contributed by atoms with Gasteiger partial charge >= 0.3 is 0 Å². The van der Waals surface area contributed by atoms with Crippen LogP contribution >= 0.6 is 0 Å². The van der Waals surface area contributed by atoms with Crippen LogP contribution in [0.25, 0.3) is 0 Å². The van der Waals surface area contributed by atoms with E-state index < -0.39 is 0 Å². The van der Waals surface area contributed by atoms with Gasteiger partial charge in [-0.1, -0.05) is 6.07 Å². The highest BCUT2D eigenvalue weighted by molar-refractivity contribution is 6.04. The Kier molecular flexibility index (Phi) is 3.37. The second-order valence-corrected chi connectivity index (χ2v) is 5.06. The molecule has 102 valence electrons. The van der Waals surface area contributed by atoms with Gasteiger partial charge in [-0.15, -0.1) is 0 Å². The van der Waals surface area contributed by atoms with Crippen molar-refractivity contribution >= 4 is 17.3 Å². The Labute approximate surface area is 118 Å². The summed E-state index contributed by atoms with van der Waals surface area (Å²) < 4.78 is 0. The van der Waals surface area contributed by atoms with Gasteiger partial charge < -0.3 is 10.2 Å². The molecule has 2 heterocycles. The summed E-state index contributed by atoms with van der Waals surface area (Å²) in [6.07, 6.45) is 5.52. The number of rotatable bonds is 2. The second-order valence-electron chi connectivity index (χ2n) is 5.06. The fourth-order valence-corrected chi connectivity index (χ4v) is 2.54. The Balaban J connectivity index is 1.82. The number of fused-ring (bicyclic) bond motifs is 1. The molecule has 4 heteroatoms. The maximum atomic E-state index is 12.1. The molecule has 20 heavy (non-hydrogen) atoms. The quantitative estimate of drug-likeness (QED) is 0.910. The highest BCUT2D eigenvalue weighted by Crippen LogP contribution is 2.29. The first-order valence-electron chi connectivity index (χ1n) is 6.79. The van der Waals surface area contributed by atoms with E-state index in [0.29, 0.717) is 5.56 Å². The molecule has 1 amide bonds. The minimum atomic E-state index is -0.128. The van der Waals surface area contributed by atoms with Gasteiger partial charge in [0.2, 0.25) is 0 Å². The lowest BCUT2D eigenvalue weighted by Crippen LogP contribution is -2.24. The second kappa shape index (κ2) is 5.33. The SMILES string of the molecule is CN1CCCc2ccc(NC(=O)c3cccnc3)cc21. The van der Waals surface area contributed by atoms with E-state index in [0.717, 1.165) is 18.7 Å². The van der Waals surface area contributed by atoms with Gasteiger partial charge in [0.15, 0.2) is 0 Å². The Hall–Kier alpha value is -2.36. The number of carbonyl (C=O) groups excluding carboxylic acids is 1. The molecule has 1 aromatic heterocycles. The maximum absolute atomic E-state index is 12.1. The summed E-state index contributed by atoms with van der Waals surface area (Å²) in [6.45, 7) is 1.06. The zero-order valence-corrected chi connectivity index (χ0v) is 11.5. The van der Waals surface area contributed by atoms with Crippen molar-refractivity contribution in [3.8, 4) is 0 Å². The fourth-order valence-electron chi connectivity index (χ4n) is 2.54. The number of carbonyl (C=O) groups is 1. The summed E-state index contributed by atoms with van der Waals surface area (Å²) in [7, 11) is 2.09. The molecule has 0 saturated carbocycles. The summed E-state index contributed by atoms with van der Waals surface area (Å²) >= 11 is 0. The number of aryl methyl sites for hydroxylation is 1. The van der Waals surface area contributed by atoms with Crippen molar-refractivity contribution in [2.75, 3.05) is 23.8 Å². The van der Waals surface area contributed by atoms with E-state index in [1.165, 1.54) is 17.7 Å². The van der Waals surface area contributed by atoms with Crippen LogP contribution in [0.5, 0.6) is 0 Å². The van der Waals surface area contributed by atoms with Crippen LogP contribution in [-0.2, 0) is 6.42 Å². The van der Waals surface area contributed by atoms with Crippen molar-refractivity contribution in [3.63, 3.8) is 0 Å². The van der Waals surface area contributed by atoms with Crippen molar-refractivity contribution < 1.29 is 4.79 Å². The van der Waals surface area contributed by atoms with Crippen LogP contribution in [0.2, 0.25) is 0 Å². The van der Waals surface area contributed by atoms with Crippen molar-refractivity contribution in [1.29, 1.82) is 0 Å². The van der Waals surface area contributed by atoms with Gasteiger partial charge in [0.25, 0.3) is 5.91 Å². The number of nitrogens with one attached hydrogen (secondary N) is 1. The first-order valence-corrected chi connectivity index (χ1v) is 6.79. The topological polar surface area (TPSA) is 45.2 Å². The van der Waals surface area contributed by atoms with Gasteiger partial charge in [0.1, 0.15) is 0 Å². The van der Waals surface area contributed by atoms with Crippen molar-refractivity contribution in [3.05, 3.63) is 53.9 Å². The van der Waals surface area contributed by atoms with Crippen LogP contribution in [0.3, 0.4) is 0 Å². The van der Waals surface area contributed by atoms with Crippen LogP contribution in [0.1, 0.15) is 22.3 Å². The summed E-state index contributed by atoms with van der Waals surface area (Å²) in [6, 6.07) is 9.63. The first-order chi connectivity index (χ1) is 9.74. The highest BCUT2D eigenvalue weighted by atomic mass is 16.1. The number of aromatic nitrogens is 1. The lowest BCUT2D eigenvalue weighted by molar-refractivity contribution is 0.102. The molecule has 0 aliphatic carbocycles. The maximum Gasteiger partial charge on any atom is 0.257 e. The predicted molar refractivity (Wildman–Crippen MR) is 80.2 cm³/mol. The molecule has 0 atom stereocenters. The normalized spacial score (nSPS) is 13.8. The number of hydrogen-bond acceptors (Lipinski definition) is 3. The van der Waals surface area contributed by atoms with E-state index in [-0.39, 0.29) is 5.91 Å². The summed E-state index contributed by atoms with van der Waals surface area (Å²) in [5, 5.41) is 2.92. The molecule has 1 N–H and O–H groups in total. The zero-order chi connectivity index (χ0) is 13.9. The first kappa shape index (κ1) is 12.7. The molecule has 4 nitrogen and oxygen atoms in total. The average Bonchev–Trinajstić information content (AvgIpc) is 2.49. The van der Waals surface area contributed by atoms with Gasteiger partial charge in [0, 0.05) is 37.4 Å². The molecular formula is C16H17N3O. The van der Waals surface area contributed by atoms with Crippen molar-refractivity contribution in [2.45, 2.75) is 12.8 Å². The fraction of sp³-hybridized carbons (Fsp3) is 0.250. The lowest BCUT2D eigenvalue weighted by Gasteiger charge is -2.28. The van der Waals surface area contributed by atoms with Crippen LogP contribution in [0.4, 0.5) is 11.4 Å². The molecule has 0 unspecified atom stereocenters. The van der Waals surface area contributed by atoms with Gasteiger partial charge in [-0.05, 0) is 42.7 Å². The molecule has 0 saturated heterocycles. The summed E-state index contributed by atoms with van der Waals surface area (Å²) in [5.41, 5.74) is 3.95. The molecule has 0 radical (unpaired) electrons. The highest BCUT2D eigenvalue weighted by Gasteiger charge is 2.14. The smallest absolute Gasteiger partial charge is 0.257 e. The molecule has 1 aliphatic rings. The van der Waals surface area contributed by atoms with E-state index in [1.807, 2.05) is 12.1 Å². The molecule has 2 aromatic rings. The van der Waals surface area contributed by atoms with E-state index in [2.05, 4.69) is 28.3 Å². The number of pyridine rings is 1. The number of anilines is 2. The van der Waals surface area contributed by atoms with Gasteiger partial charge in [-0.25, -0.2) is 0 Å². The Morgan fingerprint density at radius 1 is 1.35 bits per heavy atom. The van der Waals surface area contributed by atoms with Crippen LogP contribution in [0.15, 0.2) is 42.7 Å². The predicted octanol–water partition coefficient (Wildman–Crippen LogP) is 2.72. The van der Waals surface area contributed by atoms with E-state index in [1.54, 1.807) is 24.5 Å². The molecule has 1 aliphatic heterocycles. The zero-order valence-electron chi connectivity index (χ0n) is 11.5. The monoisotopic (exact) mass is 267 g/mol. The third kappa shape index (κ3) is 2.50. The molecule has 0 bridgehead atoms. The Morgan fingerprint density at radius 2 is 2.25 bits per heavy atom. The van der Waals surface area contributed by atoms with E-state index in [4.69, 9.17) is 0 Å². The van der Waals surface area contributed by atoms with Crippen molar-refractivity contribution in [2.24, 2.45) is 0 Å². The summed E-state index contributed by atoms with van der Waals surface area (Å²) in [4.78, 5) is 18.3. The van der Waals surface area contributed by atoms with Crippen molar-refractivity contribution in [1.82, 2.24) is 4.98 Å². The minimum absolute atomic E-state index is 0.128. The number of nitrogens with zero attached hydrogens (tertiary/aromatic N) is 2. The van der Waals surface area contributed by atoms with Gasteiger partial charge in [-0.2, -0.15) is 0 Å². The van der Waals surface area contributed by atoms with Gasteiger partial charge in [0.05, 0.1) is 5.56 Å². The van der Waals surface area contributed by atoms with E-state index in [9.17, 15) is 4.79 Å². The van der Waals surface area contributed by atoms with Crippen LogP contribution < -0.4 is 10.2 Å². The molecule has 0 spiro atoms. The van der Waals surface area contributed by atoms with Crippen LogP contribution in [0, 0.1) is 0 Å². The molecule has 0 fully saturated rings. The molecule has 3 rings (SSSR count). The minimum Gasteiger partial charge on any atom is -0.374 e. The number of amides is 1. The molecule has 1 aromatic carbocycles. The van der Waals surface area contributed by atoms with Crippen LogP contribution in [-0.4, -0.2) is 24.5 Å². The summed E-state index contributed by atoms with van der Waals surface area (Å²) in [5.74, 6) is -0.128. The standard InChI is InChI=1S/C16H17N3O/c1-19-9-3-5-12-6-7-14(10-15(12)19)18-16(20)13-4-2-8-17-11-13/h2,4,6-8,10-11H,3,5,9H2,1H3,(H,18,20). The van der Waals surface area contributed by atoms with E-state index >= 15 is 0 Å². The lowest BCUT2D eigenvalue weighted by atomic mass is 10.0. The third-order valence-electron chi connectivity index (χ3n) is 3.62. The third-order valence-corrected chi connectivity index (χ3v) is 3.62. The largest absolute Gasteiger partial charge is 0.374 e. The van der Waals surface area contributed by atoms with Gasteiger partial charge in [-0.3, -0.25) is 9.78 Å². The Bertz CT molecular complexity index is 625. The number of benzene rings is 1.